The summed E-state index contributed by atoms with van der Waals surface area (Å²) in [6, 6.07) is 13.3. The van der Waals surface area contributed by atoms with E-state index in [-0.39, 0.29) is 35.8 Å². The molecule has 8 nitrogen and oxygen atoms in total. The fourth-order valence-electron chi connectivity index (χ4n) is 3.53. The molecule has 0 aromatic heterocycles. The topological polar surface area (TPSA) is 108 Å². The molecule has 1 aliphatic rings. The van der Waals surface area contributed by atoms with Crippen LogP contribution in [0.15, 0.2) is 53.4 Å². The highest BCUT2D eigenvalue weighted by Gasteiger charge is 2.28. The van der Waals surface area contributed by atoms with Crippen LogP contribution in [0.3, 0.4) is 0 Å². The molecule has 2 aromatic rings. The first-order valence-electron chi connectivity index (χ1n) is 10.4. The van der Waals surface area contributed by atoms with Crippen molar-refractivity contribution in [2.75, 3.05) is 31.5 Å². The van der Waals surface area contributed by atoms with Gasteiger partial charge >= 0.3 is 6.03 Å². The Morgan fingerprint density at radius 3 is 2.66 bits per heavy atom. The maximum absolute atomic E-state index is 12.6. The summed E-state index contributed by atoms with van der Waals surface area (Å²) in [5, 5.41) is 5.95. The lowest BCUT2D eigenvalue weighted by atomic mass is 9.97. The molecule has 0 spiro atoms. The van der Waals surface area contributed by atoms with Gasteiger partial charge < -0.3 is 15.5 Å². The van der Waals surface area contributed by atoms with E-state index in [4.69, 9.17) is 11.6 Å². The average Bonchev–Trinajstić information content (AvgIpc) is 2.76. The number of sulfonamides is 1. The van der Waals surface area contributed by atoms with Crippen LogP contribution in [-0.4, -0.2) is 51.4 Å². The van der Waals surface area contributed by atoms with Gasteiger partial charge in [0, 0.05) is 36.9 Å². The lowest BCUT2D eigenvalue weighted by Gasteiger charge is -2.32. The molecular formula is C22H27ClN4O4S. The third kappa shape index (κ3) is 6.69. The summed E-state index contributed by atoms with van der Waals surface area (Å²) in [6.45, 7) is 3.04. The van der Waals surface area contributed by atoms with Crippen LogP contribution in [0.4, 0.5) is 10.5 Å². The first kappa shape index (κ1) is 24.0. The van der Waals surface area contributed by atoms with Gasteiger partial charge in [0.15, 0.2) is 0 Å². The van der Waals surface area contributed by atoms with E-state index < -0.39 is 10.0 Å². The molecule has 10 heteroatoms. The van der Waals surface area contributed by atoms with Gasteiger partial charge in [-0.15, -0.1) is 0 Å². The van der Waals surface area contributed by atoms with Gasteiger partial charge in [-0.25, -0.2) is 17.9 Å². The third-order valence-corrected chi connectivity index (χ3v) is 6.87. The second-order valence-corrected chi connectivity index (χ2v) is 9.93. The van der Waals surface area contributed by atoms with Crippen LogP contribution in [0.25, 0.3) is 0 Å². The van der Waals surface area contributed by atoms with Crippen LogP contribution < -0.4 is 15.4 Å². The normalized spacial score (nSPS) is 16.4. The van der Waals surface area contributed by atoms with E-state index in [1.54, 1.807) is 17.0 Å². The number of urea groups is 1. The molecule has 0 radical (unpaired) electrons. The Kier molecular flexibility index (Phi) is 8.11. The molecule has 1 saturated heterocycles. The van der Waals surface area contributed by atoms with Crippen molar-refractivity contribution in [1.29, 1.82) is 0 Å². The van der Waals surface area contributed by atoms with Crippen molar-refractivity contribution in [1.82, 2.24) is 14.9 Å². The molecule has 1 atom stereocenters. The Morgan fingerprint density at radius 2 is 1.91 bits per heavy atom. The lowest BCUT2D eigenvalue weighted by molar-refractivity contribution is -0.126. The smallest absolute Gasteiger partial charge is 0.321 e. The highest BCUT2D eigenvalue weighted by atomic mass is 35.5. The number of carbonyl (C=O) groups excluding carboxylic acids is 2. The van der Waals surface area contributed by atoms with Crippen molar-refractivity contribution in [3.8, 4) is 0 Å². The number of halogens is 1. The Bertz CT molecular complexity index is 1080. The SMILES string of the molecule is Cc1cccc(NC(=O)N2CCCC(C(=O)NCCNS(=O)(=O)c3cccc(Cl)c3)C2)c1. The molecule has 3 amide bonds. The molecule has 0 aliphatic carbocycles. The molecular weight excluding hydrogens is 452 g/mol. The zero-order valence-electron chi connectivity index (χ0n) is 17.8. The van der Waals surface area contributed by atoms with Crippen LogP contribution in [0.5, 0.6) is 0 Å². The molecule has 1 unspecified atom stereocenters. The number of nitrogens with zero attached hydrogens (tertiary/aromatic N) is 1. The molecule has 172 valence electrons. The predicted octanol–water partition coefficient (Wildman–Crippen LogP) is 2.99. The molecule has 1 fully saturated rings. The third-order valence-electron chi connectivity index (χ3n) is 5.17. The Labute approximate surface area is 193 Å². The fourth-order valence-corrected chi connectivity index (χ4v) is 4.87. The number of aryl methyl sites for hydroxylation is 1. The van der Waals surface area contributed by atoms with Crippen molar-refractivity contribution >= 4 is 39.2 Å². The molecule has 32 heavy (non-hydrogen) atoms. The first-order chi connectivity index (χ1) is 15.2. The summed E-state index contributed by atoms with van der Waals surface area (Å²) in [4.78, 5) is 26.8. The molecule has 2 aromatic carbocycles. The second kappa shape index (κ2) is 10.8. The largest absolute Gasteiger partial charge is 0.354 e. The van der Waals surface area contributed by atoms with Crippen LogP contribution >= 0.6 is 11.6 Å². The van der Waals surface area contributed by atoms with Crippen molar-refractivity contribution in [2.45, 2.75) is 24.7 Å². The number of piperidine rings is 1. The van der Waals surface area contributed by atoms with Gasteiger partial charge in [-0.2, -0.15) is 0 Å². The summed E-state index contributed by atoms with van der Waals surface area (Å²) in [7, 11) is -3.71. The van der Waals surface area contributed by atoms with Crippen LogP contribution in [0.2, 0.25) is 5.02 Å². The van der Waals surface area contributed by atoms with Crippen molar-refractivity contribution in [3.63, 3.8) is 0 Å². The van der Waals surface area contributed by atoms with E-state index in [2.05, 4.69) is 15.4 Å². The summed E-state index contributed by atoms with van der Waals surface area (Å²) in [6.07, 6.45) is 1.40. The number of anilines is 1. The molecule has 3 rings (SSSR count). The monoisotopic (exact) mass is 478 g/mol. The van der Waals surface area contributed by atoms with E-state index in [9.17, 15) is 18.0 Å². The van der Waals surface area contributed by atoms with Crippen LogP contribution in [0.1, 0.15) is 18.4 Å². The van der Waals surface area contributed by atoms with Gasteiger partial charge in [-0.05, 0) is 55.7 Å². The number of benzene rings is 2. The van der Waals surface area contributed by atoms with Crippen molar-refractivity contribution < 1.29 is 18.0 Å². The summed E-state index contributed by atoms with van der Waals surface area (Å²) in [5.74, 6) is -0.531. The number of hydrogen-bond donors (Lipinski definition) is 3. The quantitative estimate of drug-likeness (QED) is 0.531. The van der Waals surface area contributed by atoms with E-state index in [1.165, 1.54) is 12.1 Å². The maximum Gasteiger partial charge on any atom is 0.321 e. The summed E-state index contributed by atoms with van der Waals surface area (Å²) in [5.41, 5.74) is 1.76. The van der Waals surface area contributed by atoms with E-state index in [0.717, 1.165) is 12.0 Å². The Morgan fingerprint density at radius 1 is 1.12 bits per heavy atom. The maximum atomic E-state index is 12.6. The minimum Gasteiger partial charge on any atom is -0.354 e. The molecule has 3 N–H and O–H groups in total. The molecule has 0 saturated carbocycles. The highest BCUT2D eigenvalue weighted by molar-refractivity contribution is 7.89. The Hall–Kier alpha value is -2.62. The van der Waals surface area contributed by atoms with E-state index >= 15 is 0 Å². The van der Waals surface area contributed by atoms with Gasteiger partial charge in [0.2, 0.25) is 15.9 Å². The number of rotatable bonds is 7. The lowest BCUT2D eigenvalue weighted by Crippen LogP contribution is -2.47. The highest BCUT2D eigenvalue weighted by Crippen LogP contribution is 2.19. The number of carbonyl (C=O) groups is 2. The van der Waals surface area contributed by atoms with Crippen LogP contribution in [0, 0.1) is 12.8 Å². The van der Waals surface area contributed by atoms with Gasteiger partial charge in [0.1, 0.15) is 0 Å². The number of likely N-dealkylation sites (tertiary alicyclic amines) is 1. The van der Waals surface area contributed by atoms with Gasteiger partial charge in [0.25, 0.3) is 0 Å². The van der Waals surface area contributed by atoms with E-state index in [0.29, 0.717) is 30.2 Å². The molecule has 1 heterocycles. The number of hydrogen-bond acceptors (Lipinski definition) is 4. The predicted molar refractivity (Wildman–Crippen MR) is 124 cm³/mol. The summed E-state index contributed by atoms with van der Waals surface area (Å²) >= 11 is 5.84. The fraction of sp³-hybridized carbons (Fsp3) is 0.364. The molecule has 0 bridgehead atoms. The van der Waals surface area contributed by atoms with Gasteiger partial charge in [0.05, 0.1) is 10.8 Å². The van der Waals surface area contributed by atoms with Gasteiger partial charge in [-0.3, -0.25) is 4.79 Å². The second-order valence-electron chi connectivity index (χ2n) is 7.73. The number of nitrogens with one attached hydrogen (secondary N) is 3. The standard InChI is InChI=1S/C22H27ClN4O4S/c1-16-5-2-8-19(13-16)26-22(29)27-12-4-6-17(15-27)21(28)24-10-11-25-32(30,31)20-9-3-7-18(23)14-20/h2-3,5,7-9,13-14,17,25H,4,6,10-12,15H2,1H3,(H,24,28)(H,26,29). The zero-order chi connectivity index (χ0) is 23.1. The Balaban J connectivity index is 1.45. The average molecular weight is 479 g/mol. The zero-order valence-corrected chi connectivity index (χ0v) is 19.4. The van der Waals surface area contributed by atoms with Gasteiger partial charge in [-0.1, -0.05) is 29.8 Å². The number of amides is 3. The summed E-state index contributed by atoms with van der Waals surface area (Å²) < 4.78 is 27.0. The van der Waals surface area contributed by atoms with Crippen molar-refractivity contribution in [2.24, 2.45) is 5.92 Å². The van der Waals surface area contributed by atoms with Crippen molar-refractivity contribution in [3.05, 3.63) is 59.1 Å². The molecule has 1 aliphatic heterocycles. The van der Waals surface area contributed by atoms with E-state index in [1.807, 2.05) is 31.2 Å². The first-order valence-corrected chi connectivity index (χ1v) is 12.3. The van der Waals surface area contributed by atoms with Crippen LogP contribution in [-0.2, 0) is 14.8 Å². The minimum absolute atomic E-state index is 0.0465. The minimum atomic E-state index is -3.71.